The normalized spacial score (nSPS) is 17.3. The highest BCUT2D eigenvalue weighted by Gasteiger charge is 2.34. The Labute approximate surface area is 209 Å². The number of nitriles is 1. The van der Waals surface area contributed by atoms with E-state index in [2.05, 4.69) is 26.3 Å². The lowest BCUT2D eigenvalue weighted by Crippen LogP contribution is -2.37. The Morgan fingerprint density at radius 3 is 2.80 bits per heavy atom. The Kier molecular flexibility index (Phi) is 7.66. The topological polar surface area (TPSA) is 110 Å². The molecule has 1 amide bonds. The van der Waals surface area contributed by atoms with Crippen molar-refractivity contribution in [1.82, 2.24) is 14.9 Å². The predicted octanol–water partition coefficient (Wildman–Crippen LogP) is 3.12. The molecule has 3 heterocycles. The zero-order valence-corrected chi connectivity index (χ0v) is 20.1. The van der Waals surface area contributed by atoms with E-state index in [1.165, 1.54) is 6.33 Å². The molecule has 1 N–H and O–H groups in total. The third kappa shape index (κ3) is 5.00. The molecule has 2 aliphatic heterocycles. The van der Waals surface area contributed by atoms with Crippen LogP contribution in [0.4, 0.5) is 5.69 Å². The van der Waals surface area contributed by atoms with Gasteiger partial charge in [0.1, 0.15) is 12.2 Å². The molecule has 0 aliphatic carbocycles. The summed E-state index contributed by atoms with van der Waals surface area (Å²) < 4.78 is 17.0. The number of fused-ring (bicyclic) bond motifs is 2. The van der Waals surface area contributed by atoms with E-state index in [9.17, 15) is 10.1 Å². The first-order valence-electron chi connectivity index (χ1n) is 11.3. The van der Waals surface area contributed by atoms with Gasteiger partial charge in [-0.3, -0.25) is 9.69 Å². The SMILES string of the molecule is COc1cc2c(C3C(=O)Nc4ccc(C#N)cc43)ncnc2cc1OCCCN1CCOCC1.Cl. The lowest BCUT2D eigenvalue weighted by molar-refractivity contribution is -0.116. The van der Waals surface area contributed by atoms with Crippen LogP contribution in [0.3, 0.4) is 0 Å². The van der Waals surface area contributed by atoms with Crippen LogP contribution < -0.4 is 14.8 Å². The van der Waals surface area contributed by atoms with Crippen molar-refractivity contribution in [2.24, 2.45) is 0 Å². The van der Waals surface area contributed by atoms with Gasteiger partial charge >= 0.3 is 0 Å². The van der Waals surface area contributed by atoms with E-state index >= 15 is 0 Å². The molecule has 10 heteroatoms. The molecule has 1 fully saturated rings. The molecule has 0 spiro atoms. The van der Waals surface area contributed by atoms with Crippen molar-refractivity contribution >= 4 is 34.9 Å². The molecule has 5 rings (SSSR count). The van der Waals surface area contributed by atoms with Gasteiger partial charge in [-0.15, -0.1) is 12.4 Å². The molecule has 3 aromatic rings. The summed E-state index contributed by atoms with van der Waals surface area (Å²) >= 11 is 0. The van der Waals surface area contributed by atoms with Crippen LogP contribution in [0.1, 0.15) is 29.2 Å². The number of amides is 1. The number of benzene rings is 2. The van der Waals surface area contributed by atoms with Gasteiger partial charge in [-0.25, -0.2) is 9.97 Å². The Morgan fingerprint density at radius 2 is 2.03 bits per heavy atom. The van der Waals surface area contributed by atoms with Crippen molar-refractivity contribution in [2.75, 3.05) is 51.9 Å². The summed E-state index contributed by atoms with van der Waals surface area (Å²) in [5.74, 6) is 0.329. The summed E-state index contributed by atoms with van der Waals surface area (Å²) in [6.45, 7) is 4.96. The minimum atomic E-state index is -0.640. The van der Waals surface area contributed by atoms with Gasteiger partial charge in [-0.2, -0.15) is 5.26 Å². The highest BCUT2D eigenvalue weighted by atomic mass is 35.5. The second-order valence-electron chi connectivity index (χ2n) is 8.27. The van der Waals surface area contributed by atoms with Gasteiger partial charge in [0.05, 0.1) is 49.8 Å². The maximum Gasteiger partial charge on any atom is 0.238 e. The second-order valence-corrected chi connectivity index (χ2v) is 8.27. The van der Waals surface area contributed by atoms with Crippen LogP contribution in [0.15, 0.2) is 36.7 Å². The fourth-order valence-electron chi connectivity index (χ4n) is 4.48. The fourth-order valence-corrected chi connectivity index (χ4v) is 4.48. The fraction of sp³-hybridized carbons (Fsp3) is 0.360. The van der Waals surface area contributed by atoms with Crippen molar-refractivity contribution in [1.29, 1.82) is 5.26 Å². The van der Waals surface area contributed by atoms with Crippen LogP contribution in [0.2, 0.25) is 0 Å². The lowest BCUT2D eigenvalue weighted by Gasteiger charge is -2.26. The van der Waals surface area contributed by atoms with Gasteiger partial charge in [0.15, 0.2) is 11.5 Å². The van der Waals surface area contributed by atoms with Crippen LogP contribution in [-0.4, -0.2) is 67.3 Å². The number of halogens is 1. The van der Waals surface area contributed by atoms with Crippen LogP contribution >= 0.6 is 12.4 Å². The van der Waals surface area contributed by atoms with E-state index in [1.807, 2.05) is 12.1 Å². The molecule has 0 radical (unpaired) electrons. The molecule has 1 atom stereocenters. The van der Waals surface area contributed by atoms with Gasteiger partial charge in [-0.1, -0.05) is 0 Å². The molecule has 0 bridgehead atoms. The quantitative estimate of drug-likeness (QED) is 0.498. The highest BCUT2D eigenvalue weighted by molar-refractivity contribution is 6.07. The largest absolute Gasteiger partial charge is 0.493 e. The van der Waals surface area contributed by atoms with E-state index in [0.29, 0.717) is 46.0 Å². The average Bonchev–Trinajstić information content (AvgIpc) is 3.20. The number of methoxy groups -OCH3 is 1. The van der Waals surface area contributed by atoms with Gasteiger partial charge in [0, 0.05) is 36.8 Å². The minimum absolute atomic E-state index is 0. The van der Waals surface area contributed by atoms with Crippen LogP contribution in [0.5, 0.6) is 11.5 Å². The zero-order chi connectivity index (χ0) is 23.5. The average molecular weight is 496 g/mol. The highest BCUT2D eigenvalue weighted by Crippen LogP contribution is 2.41. The molecule has 182 valence electrons. The van der Waals surface area contributed by atoms with E-state index in [1.54, 1.807) is 25.3 Å². The summed E-state index contributed by atoms with van der Waals surface area (Å²) in [6, 6.07) is 10.9. The monoisotopic (exact) mass is 495 g/mol. The molecule has 1 aromatic heterocycles. The smallest absolute Gasteiger partial charge is 0.238 e. The van der Waals surface area contributed by atoms with Crippen molar-refractivity contribution < 1.29 is 19.0 Å². The Bertz CT molecular complexity index is 1270. The molecular weight excluding hydrogens is 470 g/mol. The Hall–Kier alpha value is -3.45. The number of morpholine rings is 1. The number of hydrogen-bond acceptors (Lipinski definition) is 8. The first kappa shape index (κ1) is 24.7. The Morgan fingerprint density at radius 1 is 1.20 bits per heavy atom. The van der Waals surface area contributed by atoms with Gasteiger partial charge < -0.3 is 19.5 Å². The van der Waals surface area contributed by atoms with E-state index < -0.39 is 5.92 Å². The van der Waals surface area contributed by atoms with E-state index in [-0.39, 0.29) is 18.3 Å². The number of anilines is 1. The molecule has 1 saturated heterocycles. The van der Waals surface area contributed by atoms with Crippen LogP contribution in [-0.2, 0) is 9.53 Å². The van der Waals surface area contributed by atoms with Crippen molar-refractivity contribution in [3.8, 4) is 17.6 Å². The number of nitrogens with zero attached hydrogens (tertiary/aromatic N) is 4. The standard InChI is InChI=1S/C25H25N5O4.ClH/c1-32-21-12-18-20(13-22(21)34-8-2-5-30-6-9-33-10-7-30)27-15-28-24(18)23-17-11-16(14-26)3-4-19(17)29-25(23)31;/h3-4,11-13,15,23H,2,5-10H2,1H3,(H,29,31);1H. The maximum absolute atomic E-state index is 12.9. The third-order valence-electron chi connectivity index (χ3n) is 6.22. The summed E-state index contributed by atoms with van der Waals surface area (Å²) in [5.41, 5.74) is 3.13. The molecule has 0 saturated carbocycles. The van der Waals surface area contributed by atoms with Gasteiger partial charge in [0.25, 0.3) is 0 Å². The predicted molar refractivity (Wildman–Crippen MR) is 132 cm³/mol. The summed E-state index contributed by atoms with van der Waals surface area (Å²) in [6.07, 6.45) is 2.34. The summed E-state index contributed by atoms with van der Waals surface area (Å²) in [5, 5.41) is 12.9. The van der Waals surface area contributed by atoms with E-state index in [4.69, 9.17) is 14.2 Å². The number of carbonyl (C=O) groups excluding carboxylic acids is 1. The minimum Gasteiger partial charge on any atom is -0.493 e. The number of ether oxygens (including phenoxy) is 3. The zero-order valence-electron chi connectivity index (χ0n) is 19.3. The molecule has 1 unspecified atom stereocenters. The molecule has 35 heavy (non-hydrogen) atoms. The van der Waals surface area contributed by atoms with Gasteiger partial charge in [-0.05, 0) is 36.2 Å². The molecule has 2 aromatic carbocycles. The van der Waals surface area contributed by atoms with Crippen molar-refractivity contribution in [2.45, 2.75) is 12.3 Å². The number of aromatic nitrogens is 2. The summed E-state index contributed by atoms with van der Waals surface area (Å²) in [7, 11) is 1.59. The molecule has 2 aliphatic rings. The first-order valence-corrected chi connectivity index (χ1v) is 11.3. The number of hydrogen-bond donors (Lipinski definition) is 1. The lowest BCUT2D eigenvalue weighted by atomic mass is 9.93. The number of nitrogens with one attached hydrogen (secondary N) is 1. The van der Waals surface area contributed by atoms with E-state index in [0.717, 1.165) is 44.8 Å². The number of carbonyl (C=O) groups is 1. The second kappa shape index (κ2) is 10.9. The molecule has 9 nitrogen and oxygen atoms in total. The van der Waals surface area contributed by atoms with Crippen molar-refractivity contribution in [3.05, 3.63) is 53.5 Å². The van der Waals surface area contributed by atoms with Gasteiger partial charge in [0.2, 0.25) is 5.91 Å². The van der Waals surface area contributed by atoms with Crippen molar-refractivity contribution in [3.63, 3.8) is 0 Å². The number of rotatable bonds is 7. The maximum atomic E-state index is 12.9. The first-order chi connectivity index (χ1) is 16.7. The Balaban J connectivity index is 0.00000289. The molecular formula is C25H26ClN5O4. The summed E-state index contributed by atoms with van der Waals surface area (Å²) in [4.78, 5) is 24.1. The van der Waals surface area contributed by atoms with Crippen LogP contribution in [0, 0.1) is 11.3 Å². The third-order valence-corrected chi connectivity index (χ3v) is 6.22. The van der Waals surface area contributed by atoms with Crippen LogP contribution in [0.25, 0.3) is 10.9 Å².